The van der Waals surface area contributed by atoms with Crippen LogP contribution in [0.25, 0.3) is 11.0 Å². The molecule has 0 aliphatic rings. The Hall–Kier alpha value is -1.90. The Kier molecular flexibility index (Phi) is 2.37. The van der Waals surface area contributed by atoms with Gasteiger partial charge < -0.3 is 9.21 Å². The molecule has 0 radical (unpaired) electrons. The van der Waals surface area contributed by atoms with Crippen molar-refractivity contribution in [1.82, 2.24) is 0 Å². The molecule has 76 valence electrons. The van der Waals surface area contributed by atoms with E-state index in [0.717, 1.165) is 11.7 Å². The van der Waals surface area contributed by atoms with E-state index in [1.54, 1.807) is 6.07 Å². The molecule has 1 aromatic carbocycles. The van der Waals surface area contributed by atoms with Gasteiger partial charge in [-0.15, -0.1) is 0 Å². The first-order valence-corrected chi connectivity index (χ1v) is 4.69. The second kappa shape index (κ2) is 3.69. The molecule has 0 spiro atoms. The number of Topliss-reactive ketones (excluding diaryl/α,β-unsaturated/α-hetero) is 1. The minimum atomic E-state index is -0.0724. The van der Waals surface area contributed by atoms with Crippen LogP contribution in [-0.4, -0.2) is 12.1 Å². The molecule has 2 aromatic rings. The lowest BCUT2D eigenvalue weighted by molar-refractivity contribution is -0.107. The summed E-state index contributed by atoms with van der Waals surface area (Å²) < 4.78 is 5.45. The largest absolute Gasteiger partial charge is 0.460 e. The molecule has 0 N–H and O–H groups in total. The Balaban J connectivity index is 2.74. The van der Waals surface area contributed by atoms with Gasteiger partial charge in [0.2, 0.25) is 0 Å². The molecule has 3 heteroatoms. The highest BCUT2D eigenvalue weighted by molar-refractivity contribution is 6.07. The van der Waals surface area contributed by atoms with E-state index in [0.29, 0.717) is 16.9 Å². The number of hydrogen-bond donors (Lipinski definition) is 0. The molecule has 2 rings (SSSR count). The lowest BCUT2D eigenvalue weighted by Gasteiger charge is -1.93. The Bertz CT molecular complexity index is 523. The van der Waals surface area contributed by atoms with E-state index >= 15 is 0 Å². The Morgan fingerprint density at radius 2 is 2.13 bits per heavy atom. The van der Waals surface area contributed by atoms with E-state index in [4.69, 9.17) is 4.42 Å². The topological polar surface area (TPSA) is 47.3 Å². The van der Waals surface area contributed by atoms with Crippen molar-refractivity contribution in [2.75, 3.05) is 0 Å². The lowest BCUT2D eigenvalue weighted by Crippen LogP contribution is -1.96. The molecule has 0 aliphatic carbocycles. The van der Waals surface area contributed by atoms with Crippen LogP contribution >= 0.6 is 0 Å². The van der Waals surface area contributed by atoms with E-state index in [-0.39, 0.29) is 12.2 Å². The monoisotopic (exact) mass is 202 g/mol. The van der Waals surface area contributed by atoms with Crippen LogP contribution in [0.15, 0.2) is 28.7 Å². The van der Waals surface area contributed by atoms with Crippen molar-refractivity contribution >= 4 is 23.0 Å². The highest BCUT2D eigenvalue weighted by atomic mass is 16.3. The minimum absolute atomic E-state index is 0.0724. The number of aldehydes is 1. The van der Waals surface area contributed by atoms with Crippen molar-refractivity contribution in [1.29, 1.82) is 0 Å². The Morgan fingerprint density at radius 1 is 1.40 bits per heavy atom. The van der Waals surface area contributed by atoms with Crippen molar-refractivity contribution in [2.45, 2.75) is 13.3 Å². The lowest BCUT2D eigenvalue weighted by atomic mass is 10.1. The number of benzene rings is 1. The molecule has 15 heavy (non-hydrogen) atoms. The number of rotatable bonds is 3. The van der Waals surface area contributed by atoms with E-state index in [2.05, 4.69) is 0 Å². The summed E-state index contributed by atoms with van der Waals surface area (Å²) in [6, 6.07) is 7.29. The van der Waals surface area contributed by atoms with Gasteiger partial charge >= 0.3 is 0 Å². The van der Waals surface area contributed by atoms with Crippen LogP contribution < -0.4 is 0 Å². The average molecular weight is 202 g/mol. The zero-order chi connectivity index (χ0) is 10.8. The number of carbonyl (C=O) groups excluding carboxylic acids is 2. The minimum Gasteiger partial charge on any atom is -0.460 e. The molecule has 1 aromatic heterocycles. The van der Waals surface area contributed by atoms with E-state index in [9.17, 15) is 9.59 Å². The number of carbonyl (C=O) groups is 2. The molecule has 0 bridgehead atoms. The van der Waals surface area contributed by atoms with Gasteiger partial charge in [-0.2, -0.15) is 0 Å². The third-order valence-electron chi connectivity index (χ3n) is 2.29. The Labute approximate surface area is 86.7 Å². The van der Waals surface area contributed by atoms with Gasteiger partial charge in [-0.3, -0.25) is 4.79 Å². The van der Waals surface area contributed by atoms with Gasteiger partial charge in [-0.05, 0) is 13.0 Å². The fourth-order valence-electron chi connectivity index (χ4n) is 1.70. The average Bonchev–Trinajstić information content (AvgIpc) is 2.56. The van der Waals surface area contributed by atoms with E-state index in [1.807, 2.05) is 18.2 Å². The third-order valence-corrected chi connectivity index (χ3v) is 2.29. The van der Waals surface area contributed by atoms with Gasteiger partial charge in [0.25, 0.3) is 0 Å². The molecule has 0 saturated carbocycles. The molecule has 1 heterocycles. The van der Waals surface area contributed by atoms with Gasteiger partial charge in [0.1, 0.15) is 17.6 Å². The zero-order valence-electron chi connectivity index (χ0n) is 8.32. The highest BCUT2D eigenvalue weighted by Crippen LogP contribution is 2.26. The summed E-state index contributed by atoms with van der Waals surface area (Å²) in [5, 5.41) is 0.779. The number of fused-ring (bicyclic) bond motifs is 1. The molecular formula is C12H10O3. The summed E-state index contributed by atoms with van der Waals surface area (Å²) in [7, 11) is 0. The summed E-state index contributed by atoms with van der Waals surface area (Å²) in [4.78, 5) is 21.9. The SMILES string of the molecule is CC(=O)c1c(CC=O)oc2ccccc12. The fourth-order valence-corrected chi connectivity index (χ4v) is 1.70. The normalized spacial score (nSPS) is 10.5. The molecule has 3 nitrogen and oxygen atoms in total. The van der Waals surface area contributed by atoms with Gasteiger partial charge in [0, 0.05) is 5.39 Å². The van der Waals surface area contributed by atoms with Crippen LogP contribution in [0, 0.1) is 0 Å². The quantitative estimate of drug-likeness (QED) is 0.567. The van der Waals surface area contributed by atoms with Crippen molar-refractivity contribution in [3.05, 3.63) is 35.6 Å². The summed E-state index contributed by atoms with van der Waals surface area (Å²) in [5.74, 6) is 0.385. The second-order valence-corrected chi connectivity index (χ2v) is 3.32. The molecule has 0 fully saturated rings. The predicted molar refractivity (Wildman–Crippen MR) is 56.0 cm³/mol. The van der Waals surface area contributed by atoms with Gasteiger partial charge in [-0.25, -0.2) is 0 Å². The number of hydrogen-bond acceptors (Lipinski definition) is 3. The van der Waals surface area contributed by atoms with Crippen molar-refractivity contribution < 1.29 is 14.0 Å². The smallest absolute Gasteiger partial charge is 0.163 e. The van der Waals surface area contributed by atoms with Gasteiger partial charge in [-0.1, -0.05) is 18.2 Å². The first-order valence-electron chi connectivity index (χ1n) is 4.69. The molecule has 0 amide bonds. The van der Waals surface area contributed by atoms with E-state index < -0.39 is 0 Å². The fraction of sp³-hybridized carbons (Fsp3) is 0.167. The molecular weight excluding hydrogens is 192 g/mol. The van der Waals surface area contributed by atoms with Crippen LogP contribution in [0.2, 0.25) is 0 Å². The van der Waals surface area contributed by atoms with Gasteiger partial charge in [0.05, 0.1) is 12.0 Å². The van der Waals surface area contributed by atoms with Crippen LogP contribution in [-0.2, 0) is 11.2 Å². The Morgan fingerprint density at radius 3 is 2.80 bits per heavy atom. The summed E-state index contributed by atoms with van der Waals surface area (Å²) in [6.07, 6.45) is 0.883. The van der Waals surface area contributed by atoms with Crippen molar-refractivity contribution in [2.24, 2.45) is 0 Å². The second-order valence-electron chi connectivity index (χ2n) is 3.32. The standard InChI is InChI=1S/C12H10O3/c1-8(14)12-9-4-2-3-5-10(9)15-11(12)6-7-13/h2-5,7H,6H2,1H3. The number of furan rings is 1. The number of ketones is 1. The molecule has 0 atom stereocenters. The van der Waals surface area contributed by atoms with Crippen LogP contribution in [0.3, 0.4) is 0 Å². The summed E-state index contributed by atoms with van der Waals surface area (Å²) in [6.45, 7) is 1.48. The maximum absolute atomic E-state index is 11.4. The molecule has 0 saturated heterocycles. The number of para-hydroxylation sites is 1. The maximum Gasteiger partial charge on any atom is 0.163 e. The predicted octanol–water partition coefficient (Wildman–Crippen LogP) is 2.38. The first kappa shape index (κ1) is 9.65. The first-order chi connectivity index (χ1) is 7.24. The van der Waals surface area contributed by atoms with Crippen molar-refractivity contribution in [3.63, 3.8) is 0 Å². The van der Waals surface area contributed by atoms with E-state index in [1.165, 1.54) is 6.92 Å². The third kappa shape index (κ3) is 1.56. The zero-order valence-corrected chi connectivity index (χ0v) is 8.32. The molecule has 0 unspecified atom stereocenters. The summed E-state index contributed by atoms with van der Waals surface area (Å²) in [5.41, 5.74) is 1.18. The van der Waals surface area contributed by atoms with Crippen LogP contribution in [0.1, 0.15) is 23.0 Å². The van der Waals surface area contributed by atoms with Crippen LogP contribution in [0.4, 0.5) is 0 Å². The highest BCUT2D eigenvalue weighted by Gasteiger charge is 2.16. The summed E-state index contributed by atoms with van der Waals surface area (Å²) >= 11 is 0. The molecule has 0 aliphatic heterocycles. The maximum atomic E-state index is 11.4. The van der Waals surface area contributed by atoms with Gasteiger partial charge in [0.15, 0.2) is 5.78 Å². The van der Waals surface area contributed by atoms with Crippen LogP contribution in [0.5, 0.6) is 0 Å². The van der Waals surface area contributed by atoms with Crippen molar-refractivity contribution in [3.8, 4) is 0 Å².